The van der Waals surface area contributed by atoms with Gasteiger partial charge in [0.25, 0.3) is 0 Å². The number of hydrogen-bond donors (Lipinski definition) is 0. The van der Waals surface area contributed by atoms with Crippen LogP contribution in [0.15, 0.2) is 36.4 Å². The van der Waals surface area contributed by atoms with Gasteiger partial charge in [0.05, 0.1) is 5.88 Å². The number of nitrogens with zero attached hydrogens (tertiary/aromatic N) is 1. The van der Waals surface area contributed by atoms with E-state index in [0.29, 0.717) is 6.04 Å². The van der Waals surface area contributed by atoms with Gasteiger partial charge in [0.15, 0.2) is 5.78 Å². The molecule has 1 aromatic carbocycles. The van der Waals surface area contributed by atoms with Crippen LogP contribution in [0.25, 0.3) is 0 Å². The number of aromatic nitrogens is 1. The fraction of sp³-hybridized carbons (Fsp3) is 0.389. The molecule has 0 aliphatic heterocycles. The second kappa shape index (κ2) is 6.95. The van der Waals surface area contributed by atoms with Crippen molar-refractivity contribution < 1.29 is 4.79 Å². The molecule has 0 N–H and O–H groups in total. The first-order valence-corrected chi connectivity index (χ1v) is 7.89. The lowest BCUT2D eigenvalue weighted by Crippen LogP contribution is -2.11. The zero-order valence-corrected chi connectivity index (χ0v) is 13.7. The summed E-state index contributed by atoms with van der Waals surface area (Å²) in [4.78, 5) is 11.9. The third kappa shape index (κ3) is 3.56. The van der Waals surface area contributed by atoms with Crippen molar-refractivity contribution in [1.82, 2.24) is 4.57 Å². The van der Waals surface area contributed by atoms with E-state index in [9.17, 15) is 4.79 Å². The van der Waals surface area contributed by atoms with Gasteiger partial charge in [-0.05, 0) is 45.2 Å². The van der Waals surface area contributed by atoms with Crippen LogP contribution in [0.1, 0.15) is 46.7 Å². The average molecular weight is 304 g/mol. The predicted molar refractivity (Wildman–Crippen MR) is 88.4 cm³/mol. The normalized spacial score (nSPS) is 12.4. The fourth-order valence-corrected chi connectivity index (χ4v) is 3.10. The molecule has 2 rings (SSSR count). The summed E-state index contributed by atoms with van der Waals surface area (Å²) in [7, 11) is 0. The molecule has 112 valence electrons. The molecule has 0 aliphatic carbocycles. The number of Topliss-reactive ketones (excluding diaryl/α,β-unsaturated/α-hetero) is 1. The molecule has 0 fully saturated rings. The van der Waals surface area contributed by atoms with Crippen molar-refractivity contribution >= 4 is 17.4 Å². The van der Waals surface area contributed by atoms with E-state index in [0.717, 1.165) is 29.8 Å². The first-order valence-electron chi connectivity index (χ1n) is 7.36. The molecule has 0 amide bonds. The standard InChI is InChI=1S/C18H22ClNO/c1-13(9-10-16-7-5-4-6-8-16)20-14(2)11-17(15(20)3)18(21)12-19/h4-8,11,13H,9-10,12H2,1-3H3. The summed E-state index contributed by atoms with van der Waals surface area (Å²) in [6, 6.07) is 12.8. The van der Waals surface area contributed by atoms with Gasteiger partial charge < -0.3 is 4.57 Å². The summed E-state index contributed by atoms with van der Waals surface area (Å²) < 4.78 is 2.25. The Hall–Kier alpha value is -1.54. The molecule has 0 radical (unpaired) electrons. The lowest BCUT2D eigenvalue weighted by atomic mass is 10.1. The summed E-state index contributed by atoms with van der Waals surface area (Å²) in [6.07, 6.45) is 2.09. The number of hydrogen-bond acceptors (Lipinski definition) is 1. The SMILES string of the molecule is Cc1cc(C(=O)CCl)c(C)n1C(C)CCc1ccccc1. The number of carbonyl (C=O) groups excluding carboxylic acids is 1. The minimum atomic E-state index is 0.00581. The molecule has 1 unspecified atom stereocenters. The van der Waals surface area contributed by atoms with Crippen LogP contribution >= 0.6 is 11.6 Å². The van der Waals surface area contributed by atoms with E-state index in [2.05, 4.69) is 42.7 Å². The van der Waals surface area contributed by atoms with Crippen LogP contribution in [0, 0.1) is 13.8 Å². The van der Waals surface area contributed by atoms with Crippen LogP contribution in [0.5, 0.6) is 0 Å². The molecule has 0 saturated carbocycles. The lowest BCUT2D eigenvalue weighted by Gasteiger charge is -2.18. The summed E-state index contributed by atoms with van der Waals surface area (Å²) in [5.74, 6) is 0.0501. The highest BCUT2D eigenvalue weighted by molar-refractivity contribution is 6.30. The fourth-order valence-electron chi connectivity index (χ4n) is 2.96. The number of carbonyl (C=O) groups is 1. The van der Waals surface area contributed by atoms with Crippen molar-refractivity contribution in [3.05, 3.63) is 58.9 Å². The van der Waals surface area contributed by atoms with Crippen molar-refractivity contribution in [2.75, 3.05) is 5.88 Å². The van der Waals surface area contributed by atoms with E-state index in [-0.39, 0.29) is 11.7 Å². The van der Waals surface area contributed by atoms with Crippen LogP contribution in [0.3, 0.4) is 0 Å². The maximum Gasteiger partial charge on any atom is 0.179 e. The number of ketones is 1. The summed E-state index contributed by atoms with van der Waals surface area (Å²) in [6.45, 7) is 6.26. The summed E-state index contributed by atoms with van der Waals surface area (Å²) in [5.41, 5.74) is 4.26. The van der Waals surface area contributed by atoms with Gasteiger partial charge in [-0.2, -0.15) is 0 Å². The Labute approximate surface area is 131 Å². The zero-order chi connectivity index (χ0) is 15.4. The minimum absolute atomic E-state index is 0.00581. The molecule has 2 aromatic rings. The van der Waals surface area contributed by atoms with Crippen LogP contribution in [0.4, 0.5) is 0 Å². The average Bonchev–Trinajstić information content (AvgIpc) is 2.80. The van der Waals surface area contributed by atoms with Crippen molar-refractivity contribution in [2.24, 2.45) is 0 Å². The molecule has 0 aliphatic rings. The third-order valence-corrected chi connectivity index (χ3v) is 4.28. The number of rotatable bonds is 6. The van der Waals surface area contributed by atoms with Crippen molar-refractivity contribution in [1.29, 1.82) is 0 Å². The molecule has 0 spiro atoms. The highest BCUT2D eigenvalue weighted by Gasteiger charge is 2.17. The van der Waals surface area contributed by atoms with Gasteiger partial charge in [-0.3, -0.25) is 4.79 Å². The molecule has 0 saturated heterocycles. The molecule has 3 heteroatoms. The third-order valence-electron chi connectivity index (χ3n) is 4.04. The minimum Gasteiger partial charge on any atom is -0.346 e. The van der Waals surface area contributed by atoms with Gasteiger partial charge >= 0.3 is 0 Å². The molecule has 1 aromatic heterocycles. The van der Waals surface area contributed by atoms with Crippen LogP contribution in [0.2, 0.25) is 0 Å². The monoisotopic (exact) mass is 303 g/mol. The van der Waals surface area contributed by atoms with Crippen molar-refractivity contribution in [3.8, 4) is 0 Å². The lowest BCUT2D eigenvalue weighted by molar-refractivity contribution is 0.102. The smallest absolute Gasteiger partial charge is 0.179 e. The molecular formula is C18H22ClNO. The number of benzene rings is 1. The second-order valence-electron chi connectivity index (χ2n) is 5.58. The Kier molecular flexibility index (Phi) is 5.24. The first kappa shape index (κ1) is 15.8. The largest absolute Gasteiger partial charge is 0.346 e. The molecule has 21 heavy (non-hydrogen) atoms. The summed E-state index contributed by atoms with van der Waals surface area (Å²) in [5, 5.41) is 0. The molecule has 2 nitrogen and oxygen atoms in total. The molecule has 1 heterocycles. The van der Waals surface area contributed by atoms with E-state index in [1.54, 1.807) is 0 Å². The quantitative estimate of drug-likeness (QED) is 0.559. The van der Waals surface area contributed by atoms with Crippen LogP contribution in [-0.4, -0.2) is 16.2 Å². The van der Waals surface area contributed by atoms with Gasteiger partial charge in [-0.15, -0.1) is 11.6 Å². The molecule has 0 bridgehead atoms. The Balaban J connectivity index is 2.14. The van der Waals surface area contributed by atoms with E-state index in [4.69, 9.17) is 11.6 Å². The number of aryl methyl sites for hydroxylation is 2. The predicted octanol–water partition coefficient (Wildman–Crippen LogP) is 4.72. The van der Waals surface area contributed by atoms with Gasteiger partial charge in [0.1, 0.15) is 0 Å². The van der Waals surface area contributed by atoms with Crippen LogP contribution < -0.4 is 0 Å². The number of halogens is 1. The van der Waals surface area contributed by atoms with Crippen LogP contribution in [-0.2, 0) is 6.42 Å². The van der Waals surface area contributed by atoms with Crippen molar-refractivity contribution in [3.63, 3.8) is 0 Å². The molecule has 1 atom stereocenters. The van der Waals surface area contributed by atoms with Gasteiger partial charge in [0.2, 0.25) is 0 Å². The van der Waals surface area contributed by atoms with Gasteiger partial charge in [-0.1, -0.05) is 30.3 Å². The highest BCUT2D eigenvalue weighted by Crippen LogP contribution is 2.24. The Morgan fingerprint density at radius 2 is 1.90 bits per heavy atom. The highest BCUT2D eigenvalue weighted by atomic mass is 35.5. The van der Waals surface area contributed by atoms with E-state index >= 15 is 0 Å². The van der Waals surface area contributed by atoms with E-state index < -0.39 is 0 Å². The summed E-state index contributed by atoms with van der Waals surface area (Å²) >= 11 is 5.68. The zero-order valence-electron chi connectivity index (χ0n) is 12.9. The Bertz CT molecular complexity index is 616. The first-order chi connectivity index (χ1) is 10.0. The number of alkyl halides is 1. The van der Waals surface area contributed by atoms with Gasteiger partial charge in [-0.25, -0.2) is 0 Å². The second-order valence-corrected chi connectivity index (χ2v) is 5.85. The Morgan fingerprint density at radius 3 is 2.52 bits per heavy atom. The molecular weight excluding hydrogens is 282 g/mol. The topological polar surface area (TPSA) is 22.0 Å². The van der Waals surface area contributed by atoms with Gasteiger partial charge in [0, 0.05) is 23.0 Å². The van der Waals surface area contributed by atoms with E-state index in [1.807, 2.05) is 19.1 Å². The maximum absolute atomic E-state index is 11.9. The Morgan fingerprint density at radius 1 is 1.24 bits per heavy atom. The van der Waals surface area contributed by atoms with E-state index in [1.165, 1.54) is 5.56 Å². The van der Waals surface area contributed by atoms with Crippen molar-refractivity contribution in [2.45, 2.75) is 39.7 Å². The maximum atomic E-state index is 11.9.